The van der Waals surface area contributed by atoms with E-state index >= 15 is 0 Å². The first-order valence-corrected chi connectivity index (χ1v) is 6.99. The lowest BCUT2D eigenvalue weighted by Crippen LogP contribution is -2.33. The highest BCUT2D eigenvalue weighted by molar-refractivity contribution is 5.94. The summed E-state index contributed by atoms with van der Waals surface area (Å²) in [4.78, 5) is 2.07. The summed E-state index contributed by atoms with van der Waals surface area (Å²) < 4.78 is 19.6. The summed E-state index contributed by atoms with van der Waals surface area (Å²) in [5.41, 5.74) is 6.39. The topological polar surface area (TPSA) is 62.3 Å². The molecular weight excluding hydrogens is 257 g/mol. The van der Waals surface area contributed by atoms with Gasteiger partial charge >= 0.3 is 0 Å². The summed E-state index contributed by atoms with van der Waals surface area (Å²) in [5.74, 6) is -0.423. The van der Waals surface area contributed by atoms with Crippen LogP contribution >= 0.6 is 0 Å². The van der Waals surface area contributed by atoms with Crippen molar-refractivity contribution in [2.75, 3.05) is 20.2 Å². The molecule has 1 heterocycles. The summed E-state index contributed by atoms with van der Waals surface area (Å²) >= 11 is 0. The molecule has 0 saturated carbocycles. The third-order valence-corrected chi connectivity index (χ3v) is 3.59. The Morgan fingerprint density at radius 1 is 1.50 bits per heavy atom. The molecule has 1 fully saturated rings. The van der Waals surface area contributed by atoms with Crippen LogP contribution in [0.3, 0.4) is 0 Å². The Hall–Kier alpha value is -1.46. The van der Waals surface area contributed by atoms with E-state index in [0.717, 1.165) is 26.0 Å². The van der Waals surface area contributed by atoms with Gasteiger partial charge in [-0.2, -0.15) is 0 Å². The molecule has 1 saturated heterocycles. The second kappa shape index (κ2) is 6.81. The summed E-state index contributed by atoms with van der Waals surface area (Å²) in [5, 5.41) is 7.30. The van der Waals surface area contributed by atoms with Crippen molar-refractivity contribution in [3.05, 3.63) is 35.1 Å². The maximum Gasteiger partial charge on any atom is 0.128 e. The number of rotatable bonds is 5. The van der Waals surface area contributed by atoms with Gasteiger partial charge in [0.15, 0.2) is 0 Å². The van der Waals surface area contributed by atoms with Crippen LogP contribution in [0.1, 0.15) is 30.4 Å². The molecule has 0 aliphatic carbocycles. The van der Waals surface area contributed by atoms with Gasteiger partial charge in [0, 0.05) is 30.8 Å². The molecule has 1 unspecified atom stereocenters. The number of nitrogen functional groups attached to an aromatic ring is 1. The smallest absolute Gasteiger partial charge is 0.128 e. The first-order chi connectivity index (χ1) is 9.56. The molecule has 2 rings (SSSR count). The van der Waals surface area contributed by atoms with Crippen LogP contribution in [0.5, 0.6) is 0 Å². The molecule has 1 aromatic rings. The van der Waals surface area contributed by atoms with E-state index < -0.39 is 0 Å². The Balaban J connectivity index is 1.93. The van der Waals surface area contributed by atoms with Crippen LogP contribution in [0.15, 0.2) is 18.2 Å². The molecule has 3 N–H and O–H groups in total. The normalized spacial score (nSPS) is 19.2. The molecule has 0 spiro atoms. The summed E-state index contributed by atoms with van der Waals surface area (Å²) in [6.45, 7) is 2.18. The number of halogens is 1. The second-order valence-electron chi connectivity index (χ2n) is 5.41. The second-order valence-corrected chi connectivity index (χ2v) is 5.41. The fourth-order valence-corrected chi connectivity index (χ4v) is 2.50. The monoisotopic (exact) mass is 279 g/mol. The van der Waals surface area contributed by atoms with E-state index in [1.54, 1.807) is 12.1 Å². The highest BCUT2D eigenvalue weighted by atomic mass is 19.1. The zero-order valence-electron chi connectivity index (χ0n) is 11.9. The first-order valence-electron chi connectivity index (χ1n) is 6.99. The number of hydrogen-bond donors (Lipinski definition) is 2. The number of hydrogen-bond acceptors (Lipinski definition) is 3. The van der Waals surface area contributed by atoms with Crippen molar-refractivity contribution in [1.29, 1.82) is 5.41 Å². The van der Waals surface area contributed by atoms with E-state index in [-0.39, 0.29) is 17.8 Å². The lowest BCUT2D eigenvalue weighted by Gasteiger charge is -2.27. The van der Waals surface area contributed by atoms with Gasteiger partial charge in [-0.1, -0.05) is 12.1 Å². The van der Waals surface area contributed by atoms with E-state index in [1.165, 1.54) is 12.5 Å². The SMILES string of the molecule is CN(Cc1ccc(C(=N)N)cc1F)CC1CCCCO1. The quantitative estimate of drug-likeness (QED) is 0.641. The van der Waals surface area contributed by atoms with Crippen LogP contribution < -0.4 is 5.73 Å². The average molecular weight is 279 g/mol. The van der Waals surface area contributed by atoms with Crippen LogP contribution in [0.2, 0.25) is 0 Å². The summed E-state index contributed by atoms with van der Waals surface area (Å²) in [7, 11) is 1.97. The van der Waals surface area contributed by atoms with Crippen molar-refractivity contribution >= 4 is 5.84 Å². The molecular formula is C15H22FN3O. The van der Waals surface area contributed by atoms with Gasteiger partial charge in [-0.05, 0) is 32.4 Å². The molecule has 1 aliphatic rings. The van der Waals surface area contributed by atoms with Crippen LogP contribution in [-0.4, -0.2) is 37.0 Å². The third-order valence-electron chi connectivity index (χ3n) is 3.59. The first kappa shape index (κ1) is 14.9. The summed E-state index contributed by atoms with van der Waals surface area (Å²) in [6.07, 6.45) is 3.69. The Morgan fingerprint density at radius 2 is 2.30 bits per heavy atom. The zero-order valence-corrected chi connectivity index (χ0v) is 11.9. The van der Waals surface area contributed by atoms with E-state index in [9.17, 15) is 4.39 Å². The molecule has 110 valence electrons. The maximum atomic E-state index is 13.9. The number of nitrogens with two attached hydrogens (primary N) is 1. The van der Waals surface area contributed by atoms with Crippen molar-refractivity contribution in [2.45, 2.75) is 31.9 Å². The van der Waals surface area contributed by atoms with E-state index in [0.29, 0.717) is 17.7 Å². The Kier molecular flexibility index (Phi) is 5.09. The predicted octanol–water partition coefficient (Wildman–Crippen LogP) is 2.11. The molecule has 1 aromatic carbocycles. The van der Waals surface area contributed by atoms with Gasteiger partial charge in [0.2, 0.25) is 0 Å². The minimum absolute atomic E-state index is 0.112. The number of amidine groups is 1. The Labute approximate surface area is 119 Å². The van der Waals surface area contributed by atoms with Gasteiger partial charge < -0.3 is 10.5 Å². The molecule has 20 heavy (non-hydrogen) atoms. The lowest BCUT2D eigenvalue weighted by atomic mass is 10.1. The Morgan fingerprint density at radius 3 is 2.90 bits per heavy atom. The van der Waals surface area contributed by atoms with Crippen molar-refractivity contribution in [3.8, 4) is 0 Å². The van der Waals surface area contributed by atoms with Crippen molar-refractivity contribution in [1.82, 2.24) is 4.90 Å². The van der Waals surface area contributed by atoms with Crippen LogP contribution in [0.4, 0.5) is 4.39 Å². The van der Waals surface area contributed by atoms with Gasteiger partial charge in [-0.3, -0.25) is 10.3 Å². The molecule has 0 radical (unpaired) electrons. The number of likely N-dealkylation sites (N-methyl/N-ethyl adjacent to an activating group) is 1. The number of nitrogens with one attached hydrogen (secondary N) is 1. The van der Waals surface area contributed by atoms with Gasteiger partial charge in [-0.25, -0.2) is 4.39 Å². The highest BCUT2D eigenvalue weighted by Gasteiger charge is 2.16. The lowest BCUT2D eigenvalue weighted by molar-refractivity contribution is -0.00272. The van der Waals surface area contributed by atoms with Crippen molar-refractivity contribution in [2.24, 2.45) is 5.73 Å². The van der Waals surface area contributed by atoms with Gasteiger partial charge in [-0.15, -0.1) is 0 Å². The largest absolute Gasteiger partial charge is 0.384 e. The van der Waals surface area contributed by atoms with Crippen molar-refractivity contribution < 1.29 is 9.13 Å². The van der Waals surface area contributed by atoms with Gasteiger partial charge in [0.1, 0.15) is 11.7 Å². The van der Waals surface area contributed by atoms with Crippen LogP contribution in [0, 0.1) is 11.2 Å². The Bertz CT molecular complexity index is 472. The van der Waals surface area contributed by atoms with E-state index in [2.05, 4.69) is 4.90 Å². The van der Waals surface area contributed by atoms with E-state index in [1.807, 2.05) is 7.05 Å². The molecule has 0 amide bonds. The standard InChI is InChI=1S/C15H22FN3O/c1-19(10-13-4-2-3-7-20-13)9-12-6-5-11(15(17)18)8-14(12)16/h5-6,8,13H,2-4,7,9-10H2,1H3,(H3,17,18). The fourth-order valence-electron chi connectivity index (χ4n) is 2.50. The maximum absolute atomic E-state index is 13.9. The molecule has 4 nitrogen and oxygen atoms in total. The number of ether oxygens (including phenoxy) is 1. The fraction of sp³-hybridized carbons (Fsp3) is 0.533. The minimum Gasteiger partial charge on any atom is -0.384 e. The minimum atomic E-state index is -0.311. The van der Waals surface area contributed by atoms with E-state index in [4.69, 9.17) is 15.9 Å². The molecule has 0 aromatic heterocycles. The highest BCUT2D eigenvalue weighted by Crippen LogP contribution is 2.16. The summed E-state index contributed by atoms with van der Waals surface area (Å²) in [6, 6.07) is 4.71. The van der Waals surface area contributed by atoms with Crippen LogP contribution in [-0.2, 0) is 11.3 Å². The average Bonchev–Trinajstić information content (AvgIpc) is 2.42. The molecule has 0 bridgehead atoms. The molecule has 5 heteroatoms. The number of benzene rings is 1. The molecule has 1 aliphatic heterocycles. The van der Waals surface area contributed by atoms with Gasteiger partial charge in [0.25, 0.3) is 0 Å². The molecule has 1 atom stereocenters. The van der Waals surface area contributed by atoms with Crippen LogP contribution in [0.25, 0.3) is 0 Å². The van der Waals surface area contributed by atoms with Crippen molar-refractivity contribution in [3.63, 3.8) is 0 Å². The third kappa shape index (κ3) is 4.02. The zero-order chi connectivity index (χ0) is 14.5. The van der Waals surface area contributed by atoms with Gasteiger partial charge in [0.05, 0.1) is 6.10 Å². The predicted molar refractivity (Wildman–Crippen MR) is 77.3 cm³/mol. The number of nitrogens with zero attached hydrogens (tertiary/aromatic N) is 1.